The van der Waals surface area contributed by atoms with E-state index in [9.17, 15) is 9.18 Å². The first-order valence-corrected chi connectivity index (χ1v) is 12.1. The average molecular weight is 536 g/mol. The highest BCUT2D eigenvalue weighted by Gasteiger charge is 2.18. The molecule has 0 bridgehead atoms. The second kappa shape index (κ2) is 11.3. The molecular formula is C25H23ClFN9O2. The van der Waals surface area contributed by atoms with Gasteiger partial charge in [-0.2, -0.15) is 15.2 Å². The van der Waals surface area contributed by atoms with Crippen molar-refractivity contribution in [1.29, 1.82) is 0 Å². The van der Waals surface area contributed by atoms with E-state index in [1.165, 1.54) is 6.20 Å². The molecule has 0 unspecified atom stereocenters. The summed E-state index contributed by atoms with van der Waals surface area (Å²) in [5, 5.41) is 11.9. The molecule has 0 saturated carbocycles. The Morgan fingerprint density at radius 1 is 1.08 bits per heavy atom. The van der Waals surface area contributed by atoms with Gasteiger partial charge in [-0.3, -0.25) is 15.6 Å². The Morgan fingerprint density at radius 3 is 2.68 bits per heavy atom. The number of carbonyl (C=O) groups excluding carboxylic acids is 1. The van der Waals surface area contributed by atoms with Gasteiger partial charge >= 0.3 is 0 Å². The lowest BCUT2D eigenvalue weighted by atomic mass is 10.1. The number of hydrogen-bond acceptors (Lipinski definition) is 10. The summed E-state index contributed by atoms with van der Waals surface area (Å²) in [4.78, 5) is 26.6. The lowest BCUT2D eigenvalue weighted by Gasteiger charge is -2.28. The van der Waals surface area contributed by atoms with Gasteiger partial charge in [0.15, 0.2) is 11.6 Å². The highest BCUT2D eigenvalue weighted by Crippen LogP contribution is 2.29. The second-order valence-electron chi connectivity index (χ2n) is 8.39. The molecule has 1 amide bonds. The fourth-order valence-corrected chi connectivity index (χ4v) is 4.07. The third kappa shape index (κ3) is 5.93. The van der Waals surface area contributed by atoms with Gasteiger partial charge in [0, 0.05) is 35.6 Å². The van der Waals surface area contributed by atoms with Crippen molar-refractivity contribution in [2.45, 2.75) is 6.92 Å². The van der Waals surface area contributed by atoms with Crippen LogP contribution in [0.25, 0.3) is 11.3 Å². The van der Waals surface area contributed by atoms with Crippen molar-refractivity contribution >= 4 is 40.6 Å². The second-order valence-corrected chi connectivity index (χ2v) is 8.83. The SMILES string of the molecule is Cc1ccnnc1-c1cc(Cl)cc(Nc2ccc(C(=O)NNc3ncc(F)c(N4CCOCC4)n3)nc2)c1. The van der Waals surface area contributed by atoms with Crippen molar-refractivity contribution in [2.75, 3.05) is 41.9 Å². The minimum absolute atomic E-state index is 0.0506. The summed E-state index contributed by atoms with van der Waals surface area (Å²) in [5.74, 6) is -0.866. The van der Waals surface area contributed by atoms with E-state index in [1.807, 2.05) is 25.1 Å². The number of amides is 1. The summed E-state index contributed by atoms with van der Waals surface area (Å²) in [6.07, 6.45) is 4.21. The van der Waals surface area contributed by atoms with Crippen LogP contribution < -0.4 is 21.1 Å². The van der Waals surface area contributed by atoms with E-state index in [1.54, 1.807) is 29.3 Å². The van der Waals surface area contributed by atoms with Crippen LogP contribution in [0.3, 0.4) is 0 Å². The molecule has 38 heavy (non-hydrogen) atoms. The van der Waals surface area contributed by atoms with E-state index in [2.05, 4.69) is 41.3 Å². The predicted octanol–water partition coefficient (Wildman–Crippen LogP) is 3.77. The summed E-state index contributed by atoms with van der Waals surface area (Å²) in [7, 11) is 0. The number of hydrazine groups is 1. The number of hydrogen-bond donors (Lipinski definition) is 3. The van der Waals surface area contributed by atoms with Gasteiger partial charge in [0.1, 0.15) is 5.69 Å². The number of rotatable bonds is 7. The number of benzene rings is 1. The Hall–Kier alpha value is -4.42. The van der Waals surface area contributed by atoms with Crippen molar-refractivity contribution in [3.8, 4) is 11.3 Å². The summed E-state index contributed by atoms with van der Waals surface area (Å²) in [5.41, 5.74) is 9.14. The first-order valence-electron chi connectivity index (χ1n) is 11.7. The zero-order valence-corrected chi connectivity index (χ0v) is 21.0. The number of aromatic nitrogens is 5. The highest BCUT2D eigenvalue weighted by molar-refractivity contribution is 6.31. The molecule has 0 atom stereocenters. The van der Waals surface area contributed by atoms with E-state index < -0.39 is 11.7 Å². The maximum atomic E-state index is 14.2. The van der Waals surface area contributed by atoms with Crippen molar-refractivity contribution in [1.82, 2.24) is 30.6 Å². The van der Waals surface area contributed by atoms with Crippen molar-refractivity contribution < 1.29 is 13.9 Å². The van der Waals surface area contributed by atoms with Gasteiger partial charge < -0.3 is 15.0 Å². The molecular weight excluding hydrogens is 513 g/mol. The Labute approximate surface area is 222 Å². The van der Waals surface area contributed by atoms with E-state index in [4.69, 9.17) is 16.3 Å². The average Bonchev–Trinajstić information content (AvgIpc) is 2.93. The lowest BCUT2D eigenvalue weighted by molar-refractivity contribution is 0.0957. The summed E-state index contributed by atoms with van der Waals surface area (Å²) in [6.45, 7) is 3.95. The van der Waals surface area contributed by atoms with Crippen LogP contribution in [0.2, 0.25) is 5.02 Å². The lowest BCUT2D eigenvalue weighted by Crippen LogP contribution is -2.38. The normalized spacial score (nSPS) is 13.2. The van der Waals surface area contributed by atoms with Crippen LogP contribution in [0.4, 0.5) is 27.5 Å². The number of pyridine rings is 1. The van der Waals surface area contributed by atoms with Crippen LogP contribution in [0.15, 0.2) is 55.0 Å². The van der Waals surface area contributed by atoms with Crippen LogP contribution in [0.1, 0.15) is 16.1 Å². The number of morpholine rings is 1. The Morgan fingerprint density at radius 2 is 1.92 bits per heavy atom. The Bertz CT molecular complexity index is 1450. The zero-order chi connectivity index (χ0) is 26.5. The molecule has 1 aliphatic rings. The van der Waals surface area contributed by atoms with E-state index in [0.717, 1.165) is 28.7 Å². The molecule has 11 nitrogen and oxygen atoms in total. The van der Waals surface area contributed by atoms with Gasteiger partial charge in [0.25, 0.3) is 5.91 Å². The van der Waals surface area contributed by atoms with Crippen molar-refractivity contribution in [3.63, 3.8) is 0 Å². The van der Waals surface area contributed by atoms with Crippen LogP contribution in [0, 0.1) is 12.7 Å². The number of ether oxygens (including phenoxy) is 1. The number of aryl methyl sites for hydroxylation is 1. The van der Waals surface area contributed by atoms with Gasteiger partial charge in [0.2, 0.25) is 5.95 Å². The Balaban J connectivity index is 1.23. The predicted molar refractivity (Wildman–Crippen MR) is 141 cm³/mol. The third-order valence-corrected chi connectivity index (χ3v) is 5.92. The molecule has 13 heteroatoms. The molecule has 3 N–H and O–H groups in total. The summed E-state index contributed by atoms with van der Waals surface area (Å²) >= 11 is 6.33. The monoisotopic (exact) mass is 535 g/mol. The first-order chi connectivity index (χ1) is 18.5. The minimum Gasteiger partial charge on any atom is -0.378 e. The van der Waals surface area contributed by atoms with Crippen LogP contribution >= 0.6 is 11.6 Å². The first kappa shape index (κ1) is 25.2. The van der Waals surface area contributed by atoms with E-state index in [0.29, 0.717) is 37.0 Å². The number of halogens is 2. The molecule has 1 saturated heterocycles. The molecule has 1 fully saturated rings. The van der Waals surface area contributed by atoms with Gasteiger partial charge in [-0.25, -0.2) is 14.4 Å². The highest BCUT2D eigenvalue weighted by atomic mass is 35.5. The van der Waals surface area contributed by atoms with Gasteiger partial charge in [-0.1, -0.05) is 11.6 Å². The van der Waals surface area contributed by atoms with E-state index >= 15 is 0 Å². The van der Waals surface area contributed by atoms with Crippen molar-refractivity contribution in [2.24, 2.45) is 0 Å². The topological polar surface area (TPSA) is 130 Å². The van der Waals surface area contributed by atoms with Gasteiger partial charge in [-0.05, 0) is 48.9 Å². The smallest absolute Gasteiger partial charge is 0.288 e. The molecule has 4 aromatic rings. The fourth-order valence-electron chi connectivity index (χ4n) is 3.84. The van der Waals surface area contributed by atoms with Crippen molar-refractivity contribution in [3.05, 3.63) is 77.1 Å². The van der Waals surface area contributed by atoms with Crippen LogP contribution in [-0.4, -0.2) is 57.4 Å². The molecule has 0 radical (unpaired) electrons. The standard InChI is InChI=1S/C25H23ClFN9O2/c1-15-4-5-30-33-22(15)16-10-17(26)12-19(11-16)31-18-2-3-21(28-13-18)24(37)34-35-25-29-14-20(27)23(32-25)36-6-8-38-9-7-36/h2-5,10-14,31H,6-9H2,1H3,(H,34,37)(H,29,32,35). The van der Waals surface area contributed by atoms with Crippen LogP contribution in [-0.2, 0) is 4.74 Å². The Kier molecular flexibility index (Phi) is 7.52. The summed E-state index contributed by atoms with van der Waals surface area (Å²) < 4.78 is 19.5. The quantitative estimate of drug-likeness (QED) is 0.301. The maximum absolute atomic E-state index is 14.2. The maximum Gasteiger partial charge on any atom is 0.288 e. The molecule has 0 spiro atoms. The van der Waals surface area contributed by atoms with Gasteiger partial charge in [-0.15, -0.1) is 0 Å². The fraction of sp³-hybridized carbons (Fsp3) is 0.200. The summed E-state index contributed by atoms with van der Waals surface area (Å²) in [6, 6.07) is 10.6. The molecule has 5 rings (SSSR count). The number of anilines is 4. The minimum atomic E-state index is -0.549. The third-order valence-electron chi connectivity index (χ3n) is 5.70. The van der Waals surface area contributed by atoms with Crippen LogP contribution in [0.5, 0.6) is 0 Å². The molecule has 0 aliphatic carbocycles. The zero-order valence-electron chi connectivity index (χ0n) is 20.3. The molecule has 3 aromatic heterocycles. The molecule has 194 valence electrons. The molecule has 4 heterocycles. The number of nitrogens with zero attached hydrogens (tertiary/aromatic N) is 6. The number of carbonyl (C=O) groups is 1. The number of nitrogens with one attached hydrogen (secondary N) is 3. The van der Waals surface area contributed by atoms with E-state index in [-0.39, 0.29) is 17.5 Å². The van der Waals surface area contributed by atoms with Gasteiger partial charge in [0.05, 0.1) is 37.0 Å². The molecule has 1 aliphatic heterocycles. The molecule has 1 aromatic carbocycles. The largest absolute Gasteiger partial charge is 0.378 e.